The van der Waals surface area contributed by atoms with E-state index in [1.54, 1.807) is 0 Å². The van der Waals surface area contributed by atoms with Crippen LogP contribution in [0.25, 0.3) is 0 Å². The summed E-state index contributed by atoms with van der Waals surface area (Å²) in [5.41, 5.74) is 0. The van der Waals surface area contributed by atoms with Crippen LogP contribution in [0.4, 0.5) is 0 Å². The Balaban J connectivity index is 0.00000162. The number of rotatable bonds is 5. The highest BCUT2D eigenvalue weighted by Crippen LogP contribution is 2.18. The van der Waals surface area contributed by atoms with Gasteiger partial charge in [-0.3, -0.25) is 4.79 Å². The van der Waals surface area contributed by atoms with E-state index >= 15 is 0 Å². The molecule has 2 aliphatic rings. The Morgan fingerprint density at radius 1 is 1.39 bits per heavy atom. The summed E-state index contributed by atoms with van der Waals surface area (Å²) in [5.74, 6) is 1.66. The number of nitrogens with one attached hydrogen (secondary N) is 2. The van der Waals surface area contributed by atoms with Gasteiger partial charge in [0.15, 0.2) is 0 Å². The molecule has 0 radical (unpaired) electrons. The minimum Gasteiger partial charge on any atom is -0.381 e. The van der Waals surface area contributed by atoms with Gasteiger partial charge in [-0.15, -0.1) is 12.4 Å². The molecule has 106 valence electrons. The highest BCUT2D eigenvalue weighted by atomic mass is 35.5. The molecule has 0 spiro atoms. The first-order valence-electron chi connectivity index (χ1n) is 6.83. The molecule has 2 fully saturated rings. The Kier molecular flexibility index (Phi) is 6.97. The first-order chi connectivity index (χ1) is 8.27. The Morgan fingerprint density at radius 2 is 2.06 bits per heavy atom. The summed E-state index contributed by atoms with van der Waals surface area (Å²) in [6.07, 6.45) is 3.40. The lowest BCUT2D eigenvalue weighted by molar-refractivity contribution is -0.126. The number of hydrogen-bond acceptors (Lipinski definition) is 3. The van der Waals surface area contributed by atoms with Gasteiger partial charge in [-0.25, -0.2) is 0 Å². The van der Waals surface area contributed by atoms with E-state index in [0.717, 1.165) is 58.0 Å². The molecule has 2 aliphatic heterocycles. The van der Waals surface area contributed by atoms with Crippen LogP contribution < -0.4 is 10.6 Å². The summed E-state index contributed by atoms with van der Waals surface area (Å²) in [6.45, 7) is 6.64. The van der Waals surface area contributed by atoms with Crippen LogP contribution in [0, 0.1) is 17.8 Å². The van der Waals surface area contributed by atoms with Gasteiger partial charge in [0.1, 0.15) is 0 Å². The lowest BCUT2D eigenvalue weighted by Crippen LogP contribution is -2.49. The molecular weight excluding hydrogens is 252 g/mol. The molecule has 0 saturated carbocycles. The maximum Gasteiger partial charge on any atom is 0.223 e. The molecule has 0 aromatic carbocycles. The number of hydrogen-bond donors (Lipinski definition) is 2. The monoisotopic (exact) mass is 276 g/mol. The molecule has 1 unspecified atom stereocenters. The normalized spacial score (nSPS) is 22.7. The van der Waals surface area contributed by atoms with Gasteiger partial charge in [0.05, 0.1) is 0 Å². The topological polar surface area (TPSA) is 50.4 Å². The maximum absolute atomic E-state index is 11.9. The molecule has 4 nitrogen and oxygen atoms in total. The first kappa shape index (κ1) is 15.7. The summed E-state index contributed by atoms with van der Waals surface area (Å²) in [5, 5.41) is 6.28. The molecule has 1 amide bonds. The number of halogens is 1. The van der Waals surface area contributed by atoms with Crippen LogP contribution in [-0.4, -0.2) is 38.8 Å². The number of carbonyl (C=O) groups excluding carboxylic acids is 1. The minimum absolute atomic E-state index is 0. The summed E-state index contributed by atoms with van der Waals surface area (Å²) in [7, 11) is 0. The minimum atomic E-state index is 0. The molecule has 18 heavy (non-hydrogen) atoms. The third-order valence-electron chi connectivity index (χ3n) is 4.13. The standard InChI is InChI=1S/C13H24N2O2.ClH/c1-10(12-8-14-9-12)13(16)15-5-2-11-3-6-17-7-4-11;/h10-12,14H,2-9H2,1H3,(H,15,16);1H. The van der Waals surface area contributed by atoms with E-state index in [-0.39, 0.29) is 24.2 Å². The highest BCUT2D eigenvalue weighted by molar-refractivity contribution is 5.85. The second-order valence-corrected chi connectivity index (χ2v) is 5.34. The van der Waals surface area contributed by atoms with Gasteiger partial charge in [0.2, 0.25) is 5.91 Å². The molecule has 0 bridgehead atoms. The molecule has 0 aliphatic carbocycles. The van der Waals surface area contributed by atoms with Crippen LogP contribution in [0.15, 0.2) is 0 Å². The maximum atomic E-state index is 11.9. The van der Waals surface area contributed by atoms with E-state index < -0.39 is 0 Å². The SMILES string of the molecule is CC(C(=O)NCCC1CCOCC1)C1CNC1.Cl. The second kappa shape index (κ2) is 7.97. The van der Waals surface area contributed by atoms with Gasteiger partial charge in [-0.05, 0) is 44.2 Å². The van der Waals surface area contributed by atoms with Gasteiger partial charge in [-0.2, -0.15) is 0 Å². The second-order valence-electron chi connectivity index (χ2n) is 5.34. The van der Waals surface area contributed by atoms with Crippen LogP contribution in [0.5, 0.6) is 0 Å². The summed E-state index contributed by atoms with van der Waals surface area (Å²) < 4.78 is 5.32. The van der Waals surface area contributed by atoms with Crippen LogP contribution >= 0.6 is 12.4 Å². The van der Waals surface area contributed by atoms with Crippen LogP contribution in [0.2, 0.25) is 0 Å². The Morgan fingerprint density at radius 3 is 2.61 bits per heavy atom. The van der Waals surface area contributed by atoms with Crippen molar-refractivity contribution in [3.63, 3.8) is 0 Å². The third-order valence-corrected chi connectivity index (χ3v) is 4.13. The molecule has 0 aromatic rings. The van der Waals surface area contributed by atoms with Gasteiger partial charge in [-0.1, -0.05) is 6.92 Å². The van der Waals surface area contributed by atoms with Crippen molar-refractivity contribution in [3.05, 3.63) is 0 Å². The van der Waals surface area contributed by atoms with Crippen LogP contribution in [0.1, 0.15) is 26.2 Å². The fourth-order valence-electron chi connectivity index (χ4n) is 2.47. The van der Waals surface area contributed by atoms with Gasteiger partial charge in [0.25, 0.3) is 0 Å². The van der Waals surface area contributed by atoms with Gasteiger partial charge < -0.3 is 15.4 Å². The van der Waals surface area contributed by atoms with Crippen molar-refractivity contribution >= 4 is 18.3 Å². The number of ether oxygens (including phenoxy) is 1. The lowest BCUT2D eigenvalue weighted by atomic mass is 9.88. The molecule has 2 heterocycles. The van der Waals surface area contributed by atoms with Crippen molar-refractivity contribution in [2.24, 2.45) is 17.8 Å². The van der Waals surface area contributed by atoms with E-state index in [1.165, 1.54) is 0 Å². The Hall–Kier alpha value is -0.320. The molecule has 5 heteroatoms. The zero-order chi connectivity index (χ0) is 12.1. The van der Waals surface area contributed by atoms with Crippen LogP contribution in [0.3, 0.4) is 0 Å². The smallest absolute Gasteiger partial charge is 0.223 e. The van der Waals surface area contributed by atoms with Crippen molar-refractivity contribution in [3.8, 4) is 0 Å². The van der Waals surface area contributed by atoms with E-state index in [1.807, 2.05) is 6.92 Å². The molecule has 2 saturated heterocycles. The third kappa shape index (κ3) is 4.41. The fourth-order valence-corrected chi connectivity index (χ4v) is 2.47. The van der Waals surface area contributed by atoms with Crippen molar-refractivity contribution in [2.75, 3.05) is 32.8 Å². The Labute approximate surface area is 116 Å². The predicted octanol–water partition coefficient (Wildman–Crippen LogP) is 1.20. The molecular formula is C13H25ClN2O2. The average molecular weight is 277 g/mol. The summed E-state index contributed by atoms with van der Waals surface area (Å²) >= 11 is 0. The zero-order valence-corrected chi connectivity index (χ0v) is 11.9. The molecule has 2 rings (SSSR count). The average Bonchev–Trinajstić information content (AvgIpc) is 2.28. The molecule has 0 aromatic heterocycles. The summed E-state index contributed by atoms with van der Waals surface area (Å²) in [4.78, 5) is 11.9. The Bertz CT molecular complexity index is 253. The van der Waals surface area contributed by atoms with Crippen molar-refractivity contribution < 1.29 is 9.53 Å². The van der Waals surface area contributed by atoms with E-state index in [9.17, 15) is 4.79 Å². The lowest BCUT2D eigenvalue weighted by Gasteiger charge is -2.32. The predicted molar refractivity (Wildman–Crippen MR) is 73.9 cm³/mol. The quantitative estimate of drug-likeness (QED) is 0.793. The molecule has 2 N–H and O–H groups in total. The largest absolute Gasteiger partial charge is 0.381 e. The molecule has 1 atom stereocenters. The first-order valence-corrected chi connectivity index (χ1v) is 6.83. The fraction of sp³-hybridized carbons (Fsp3) is 0.923. The summed E-state index contributed by atoms with van der Waals surface area (Å²) in [6, 6.07) is 0. The van der Waals surface area contributed by atoms with Crippen molar-refractivity contribution in [2.45, 2.75) is 26.2 Å². The van der Waals surface area contributed by atoms with E-state index in [4.69, 9.17) is 4.74 Å². The zero-order valence-electron chi connectivity index (χ0n) is 11.1. The van der Waals surface area contributed by atoms with Gasteiger partial charge >= 0.3 is 0 Å². The van der Waals surface area contributed by atoms with Gasteiger partial charge in [0, 0.05) is 25.7 Å². The highest BCUT2D eigenvalue weighted by Gasteiger charge is 2.28. The van der Waals surface area contributed by atoms with Crippen molar-refractivity contribution in [1.29, 1.82) is 0 Å². The van der Waals surface area contributed by atoms with E-state index in [0.29, 0.717) is 5.92 Å². The number of amides is 1. The number of carbonyl (C=O) groups is 1. The van der Waals surface area contributed by atoms with Crippen LogP contribution in [-0.2, 0) is 9.53 Å². The van der Waals surface area contributed by atoms with Crippen molar-refractivity contribution in [1.82, 2.24) is 10.6 Å². The van der Waals surface area contributed by atoms with E-state index in [2.05, 4.69) is 10.6 Å².